The number of thiazole rings is 1. The lowest BCUT2D eigenvalue weighted by molar-refractivity contribution is -0.121. The molecule has 3 heterocycles. The molecule has 2 aromatic heterocycles. The number of furan rings is 1. The van der Waals surface area contributed by atoms with Crippen molar-refractivity contribution < 1.29 is 14.0 Å². The van der Waals surface area contributed by atoms with E-state index in [9.17, 15) is 9.59 Å². The van der Waals surface area contributed by atoms with Gasteiger partial charge < -0.3 is 14.6 Å². The number of likely N-dealkylation sites (tertiary alicyclic amines) is 1. The quantitative estimate of drug-likeness (QED) is 0.895. The smallest absolute Gasteiger partial charge is 0.257 e. The number of hydrogen-bond acceptors (Lipinski definition) is 5. The minimum absolute atomic E-state index is 0.0335. The number of nitrogens with zero attached hydrogens (tertiary/aromatic N) is 2. The SMILES string of the molecule is C[C@@H]1CCc2nc(NC(=O)[C@@H]3CCCN(C(=O)c4ccoc4)C3)sc2C1. The number of hydrogen-bond donors (Lipinski definition) is 1. The molecule has 2 amide bonds. The van der Waals surface area contributed by atoms with Crippen molar-refractivity contribution >= 4 is 28.3 Å². The molecular weight excluding hydrogens is 350 g/mol. The molecule has 1 saturated heterocycles. The first-order valence-electron chi connectivity index (χ1n) is 9.21. The fraction of sp³-hybridized carbons (Fsp3) is 0.526. The van der Waals surface area contributed by atoms with E-state index < -0.39 is 0 Å². The number of nitrogens with one attached hydrogen (secondary N) is 1. The lowest BCUT2D eigenvalue weighted by Crippen LogP contribution is -2.43. The summed E-state index contributed by atoms with van der Waals surface area (Å²) in [6.07, 6.45) is 7.78. The van der Waals surface area contributed by atoms with Crippen LogP contribution in [0.3, 0.4) is 0 Å². The number of piperidine rings is 1. The Morgan fingerprint density at radius 1 is 1.38 bits per heavy atom. The second-order valence-electron chi connectivity index (χ2n) is 7.33. The molecular formula is C19H23N3O3S. The van der Waals surface area contributed by atoms with Gasteiger partial charge in [0.05, 0.1) is 23.4 Å². The average molecular weight is 373 g/mol. The van der Waals surface area contributed by atoms with Gasteiger partial charge in [0.1, 0.15) is 6.26 Å². The maximum Gasteiger partial charge on any atom is 0.257 e. The number of anilines is 1. The third-order valence-corrected chi connectivity index (χ3v) is 6.30. The van der Waals surface area contributed by atoms with Crippen LogP contribution in [0, 0.1) is 11.8 Å². The summed E-state index contributed by atoms with van der Waals surface area (Å²) < 4.78 is 4.99. The number of fused-ring (bicyclic) bond motifs is 1. The second-order valence-corrected chi connectivity index (χ2v) is 8.41. The minimum atomic E-state index is -0.195. The highest BCUT2D eigenvalue weighted by molar-refractivity contribution is 7.15. The van der Waals surface area contributed by atoms with Gasteiger partial charge in [-0.2, -0.15) is 0 Å². The van der Waals surface area contributed by atoms with E-state index in [2.05, 4.69) is 17.2 Å². The molecule has 0 aromatic carbocycles. The van der Waals surface area contributed by atoms with Crippen LogP contribution in [0.25, 0.3) is 0 Å². The molecule has 1 fully saturated rings. The van der Waals surface area contributed by atoms with Gasteiger partial charge in [-0.15, -0.1) is 11.3 Å². The van der Waals surface area contributed by atoms with Crippen LogP contribution >= 0.6 is 11.3 Å². The zero-order chi connectivity index (χ0) is 18.1. The van der Waals surface area contributed by atoms with Gasteiger partial charge in [-0.1, -0.05) is 6.92 Å². The van der Waals surface area contributed by atoms with Gasteiger partial charge in [0.15, 0.2) is 5.13 Å². The fourth-order valence-electron chi connectivity index (χ4n) is 3.75. The maximum atomic E-state index is 12.7. The van der Waals surface area contributed by atoms with Gasteiger partial charge in [-0.25, -0.2) is 4.98 Å². The van der Waals surface area contributed by atoms with Crippen LogP contribution in [0.15, 0.2) is 23.0 Å². The summed E-state index contributed by atoms with van der Waals surface area (Å²) in [5.41, 5.74) is 1.68. The maximum absolute atomic E-state index is 12.7. The zero-order valence-corrected chi connectivity index (χ0v) is 15.7. The van der Waals surface area contributed by atoms with E-state index in [1.54, 1.807) is 22.3 Å². The second kappa shape index (κ2) is 7.23. The van der Waals surface area contributed by atoms with Gasteiger partial charge in [0.2, 0.25) is 5.91 Å². The summed E-state index contributed by atoms with van der Waals surface area (Å²) in [5, 5.41) is 3.69. The number of amides is 2. The number of carbonyl (C=O) groups excluding carboxylic acids is 2. The van der Waals surface area contributed by atoms with Crippen molar-refractivity contribution in [3.05, 3.63) is 34.7 Å². The van der Waals surface area contributed by atoms with Crippen LogP contribution < -0.4 is 5.32 Å². The molecule has 6 nitrogen and oxygen atoms in total. The Balaban J connectivity index is 1.39. The van der Waals surface area contributed by atoms with Gasteiger partial charge in [0.25, 0.3) is 5.91 Å². The summed E-state index contributed by atoms with van der Waals surface area (Å²) in [6, 6.07) is 1.66. The molecule has 1 aliphatic carbocycles. The van der Waals surface area contributed by atoms with Crippen LogP contribution in [0.2, 0.25) is 0 Å². The Labute approximate surface area is 156 Å². The Morgan fingerprint density at radius 3 is 3.08 bits per heavy atom. The predicted octanol–water partition coefficient (Wildman–Crippen LogP) is 3.35. The van der Waals surface area contributed by atoms with Crippen molar-refractivity contribution in [2.45, 2.75) is 39.0 Å². The summed E-state index contributed by atoms with van der Waals surface area (Å²) in [4.78, 5) is 32.8. The van der Waals surface area contributed by atoms with Crippen LogP contribution in [0.4, 0.5) is 5.13 Å². The van der Waals surface area contributed by atoms with Crippen molar-refractivity contribution in [2.24, 2.45) is 11.8 Å². The molecule has 7 heteroatoms. The molecule has 0 saturated carbocycles. The van der Waals surface area contributed by atoms with Gasteiger partial charge >= 0.3 is 0 Å². The predicted molar refractivity (Wildman–Crippen MR) is 99.3 cm³/mol. The Bertz CT molecular complexity index is 799. The number of carbonyl (C=O) groups is 2. The van der Waals surface area contributed by atoms with Crippen molar-refractivity contribution in [3.8, 4) is 0 Å². The minimum Gasteiger partial charge on any atom is -0.472 e. The van der Waals surface area contributed by atoms with Crippen molar-refractivity contribution in [3.63, 3.8) is 0 Å². The number of aromatic nitrogens is 1. The first-order chi connectivity index (χ1) is 12.6. The van der Waals surface area contributed by atoms with Crippen molar-refractivity contribution in [2.75, 3.05) is 18.4 Å². The van der Waals surface area contributed by atoms with E-state index in [-0.39, 0.29) is 17.7 Å². The lowest BCUT2D eigenvalue weighted by Gasteiger charge is -2.31. The molecule has 0 bridgehead atoms. The van der Waals surface area contributed by atoms with E-state index in [4.69, 9.17) is 4.42 Å². The van der Waals surface area contributed by atoms with E-state index in [0.717, 1.165) is 37.8 Å². The van der Waals surface area contributed by atoms with E-state index >= 15 is 0 Å². The van der Waals surface area contributed by atoms with Gasteiger partial charge in [-0.05, 0) is 44.1 Å². The normalized spacial score (nSPS) is 22.7. The Hall–Kier alpha value is -2.15. The standard InChI is InChI=1S/C19H23N3O3S/c1-12-4-5-15-16(9-12)26-19(20-15)21-17(23)13-3-2-7-22(10-13)18(24)14-6-8-25-11-14/h6,8,11-13H,2-5,7,9-10H2,1H3,(H,20,21,23)/t12-,13-/m1/s1. The Morgan fingerprint density at radius 2 is 2.27 bits per heavy atom. The van der Waals surface area contributed by atoms with Crippen LogP contribution in [-0.2, 0) is 17.6 Å². The summed E-state index contributed by atoms with van der Waals surface area (Å²) in [6.45, 7) is 3.38. The lowest BCUT2D eigenvalue weighted by atomic mass is 9.93. The topological polar surface area (TPSA) is 75.4 Å². The van der Waals surface area contributed by atoms with Crippen molar-refractivity contribution in [1.82, 2.24) is 9.88 Å². The van der Waals surface area contributed by atoms with Crippen LogP contribution in [0.1, 0.15) is 47.1 Å². The van der Waals surface area contributed by atoms with E-state index in [1.807, 2.05) is 0 Å². The number of rotatable bonds is 3. The summed E-state index contributed by atoms with van der Waals surface area (Å²) in [5.74, 6) is 0.385. The molecule has 2 aromatic rings. The monoisotopic (exact) mass is 373 g/mol. The van der Waals surface area contributed by atoms with Gasteiger partial charge in [0, 0.05) is 18.0 Å². The molecule has 2 aliphatic rings. The van der Waals surface area contributed by atoms with Gasteiger partial charge in [-0.3, -0.25) is 9.59 Å². The molecule has 1 aliphatic heterocycles. The molecule has 1 N–H and O–H groups in total. The third kappa shape index (κ3) is 3.53. The first-order valence-corrected chi connectivity index (χ1v) is 10.0. The zero-order valence-electron chi connectivity index (χ0n) is 14.9. The highest BCUT2D eigenvalue weighted by atomic mass is 32.1. The molecule has 4 rings (SSSR count). The Kier molecular flexibility index (Phi) is 4.80. The van der Waals surface area contributed by atoms with Crippen LogP contribution in [0.5, 0.6) is 0 Å². The van der Waals surface area contributed by atoms with Crippen LogP contribution in [-0.4, -0.2) is 34.8 Å². The molecule has 138 valence electrons. The highest BCUT2D eigenvalue weighted by Gasteiger charge is 2.30. The highest BCUT2D eigenvalue weighted by Crippen LogP contribution is 2.32. The molecule has 0 radical (unpaired) electrons. The average Bonchev–Trinajstić information content (AvgIpc) is 3.30. The van der Waals surface area contributed by atoms with E-state index in [1.165, 1.54) is 17.4 Å². The molecule has 26 heavy (non-hydrogen) atoms. The first kappa shape index (κ1) is 17.3. The number of aryl methyl sites for hydroxylation is 1. The molecule has 2 atom stereocenters. The van der Waals surface area contributed by atoms with E-state index in [0.29, 0.717) is 29.7 Å². The summed E-state index contributed by atoms with van der Waals surface area (Å²) in [7, 11) is 0. The largest absolute Gasteiger partial charge is 0.472 e. The molecule has 0 unspecified atom stereocenters. The summed E-state index contributed by atoms with van der Waals surface area (Å²) >= 11 is 1.60. The molecule has 0 spiro atoms. The third-order valence-electron chi connectivity index (χ3n) is 5.26. The van der Waals surface area contributed by atoms with Crippen molar-refractivity contribution in [1.29, 1.82) is 0 Å². The fourth-order valence-corrected chi connectivity index (χ4v) is 4.92.